The van der Waals surface area contributed by atoms with Gasteiger partial charge in [0.25, 0.3) is 0 Å². The summed E-state index contributed by atoms with van der Waals surface area (Å²) in [5, 5.41) is 2.81. The van der Waals surface area contributed by atoms with Crippen molar-refractivity contribution >= 4 is 12.6 Å². The number of H-pyrrole nitrogens is 1. The van der Waals surface area contributed by atoms with E-state index in [0.29, 0.717) is 0 Å². The Bertz CT molecular complexity index is 177. The van der Waals surface area contributed by atoms with Crippen LogP contribution < -0.4 is 10.2 Å². The van der Waals surface area contributed by atoms with Gasteiger partial charge in [-0.15, -0.1) is 22.8 Å². The molecule has 6 heteroatoms. The minimum Gasteiger partial charge on any atom is -0.300 e. The van der Waals surface area contributed by atoms with E-state index in [1.165, 1.54) is 7.11 Å². The first kappa shape index (κ1) is 7.52. The minimum absolute atomic E-state index is 0.229. The second-order valence-electron chi connectivity index (χ2n) is 1.63. The maximum absolute atomic E-state index is 4.63. The van der Waals surface area contributed by atoms with Gasteiger partial charge >= 0.3 is 6.33 Å². The van der Waals surface area contributed by atoms with E-state index in [1.807, 2.05) is 0 Å². The van der Waals surface area contributed by atoms with Gasteiger partial charge in [0.2, 0.25) is 11.8 Å². The normalized spacial score (nSPS) is 13.4. The van der Waals surface area contributed by atoms with Crippen molar-refractivity contribution in [2.75, 3.05) is 7.11 Å². The summed E-state index contributed by atoms with van der Waals surface area (Å²) in [6.07, 6.45) is 3.16. The molecule has 0 bridgehead atoms. The van der Waals surface area contributed by atoms with Gasteiger partial charge in [-0.05, 0) is 4.98 Å². The SMILES string of the molecule is CONC(S)[n+]1cnc[nH]1. The zero-order valence-electron chi connectivity index (χ0n) is 5.48. The van der Waals surface area contributed by atoms with E-state index >= 15 is 0 Å². The smallest absolute Gasteiger partial charge is 0.300 e. The minimum atomic E-state index is -0.229. The molecule has 0 amide bonds. The van der Waals surface area contributed by atoms with Gasteiger partial charge in [0.1, 0.15) is 0 Å². The molecule has 1 atom stereocenters. The highest BCUT2D eigenvalue weighted by Gasteiger charge is 2.08. The van der Waals surface area contributed by atoms with E-state index in [1.54, 1.807) is 17.3 Å². The molecule has 0 fully saturated rings. The predicted molar refractivity (Wildman–Crippen MR) is 37.0 cm³/mol. The number of nitrogens with zero attached hydrogens (tertiary/aromatic N) is 2. The average molecular weight is 161 g/mol. The fourth-order valence-electron chi connectivity index (χ4n) is 0.534. The third kappa shape index (κ3) is 1.69. The van der Waals surface area contributed by atoms with Crippen molar-refractivity contribution in [2.45, 2.75) is 5.50 Å². The van der Waals surface area contributed by atoms with Crippen LogP contribution >= 0.6 is 12.6 Å². The molecule has 1 unspecified atom stereocenters. The van der Waals surface area contributed by atoms with Gasteiger partial charge in [0.05, 0.1) is 7.11 Å². The van der Waals surface area contributed by atoms with Crippen LogP contribution in [0.25, 0.3) is 0 Å². The molecule has 1 rings (SSSR count). The topological polar surface area (TPSA) is 53.8 Å². The summed E-state index contributed by atoms with van der Waals surface area (Å²) in [6.45, 7) is 0. The third-order valence-electron chi connectivity index (χ3n) is 0.959. The Kier molecular flexibility index (Phi) is 2.67. The molecular formula is C4H9N4OS+. The molecule has 2 N–H and O–H groups in total. The van der Waals surface area contributed by atoms with Crippen LogP contribution in [0.3, 0.4) is 0 Å². The number of hydroxylamine groups is 1. The van der Waals surface area contributed by atoms with Gasteiger partial charge in [-0.25, -0.2) is 0 Å². The van der Waals surface area contributed by atoms with Gasteiger partial charge in [-0.1, -0.05) is 0 Å². The highest BCUT2D eigenvalue weighted by atomic mass is 32.1. The Balaban J connectivity index is 2.50. The summed E-state index contributed by atoms with van der Waals surface area (Å²) < 4.78 is 1.65. The number of hydrogen-bond acceptors (Lipinski definition) is 4. The lowest BCUT2D eigenvalue weighted by molar-refractivity contribution is -0.763. The summed E-state index contributed by atoms with van der Waals surface area (Å²) >= 11 is 4.12. The lowest BCUT2D eigenvalue weighted by Gasteiger charge is -2.04. The van der Waals surface area contributed by atoms with Gasteiger partial charge in [-0.3, -0.25) is 0 Å². The van der Waals surface area contributed by atoms with Crippen LogP contribution in [0.2, 0.25) is 0 Å². The van der Waals surface area contributed by atoms with E-state index in [-0.39, 0.29) is 5.50 Å². The molecule has 5 nitrogen and oxygen atoms in total. The number of thiol groups is 1. The molecule has 0 aromatic carbocycles. The molecule has 0 aliphatic carbocycles. The van der Waals surface area contributed by atoms with Crippen molar-refractivity contribution in [2.24, 2.45) is 0 Å². The first-order chi connectivity index (χ1) is 4.84. The third-order valence-corrected chi connectivity index (χ3v) is 1.31. The van der Waals surface area contributed by atoms with E-state index < -0.39 is 0 Å². The molecule has 1 heterocycles. The van der Waals surface area contributed by atoms with Gasteiger partial charge in [-0.2, -0.15) is 5.10 Å². The zero-order chi connectivity index (χ0) is 7.40. The Labute approximate surface area is 63.8 Å². The maximum Gasteiger partial charge on any atom is 0.309 e. The lowest BCUT2D eigenvalue weighted by Crippen LogP contribution is -2.45. The van der Waals surface area contributed by atoms with Crippen molar-refractivity contribution in [3.8, 4) is 0 Å². The predicted octanol–water partition coefficient (Wildman–Crippen LogP) is -0.766. The highest BCUT2D eigenvalue weighted by Crippen LogP contribution is 1.91. The first-order valence-corrected chi connectivity index (χ1v) is 3.22. The summed E-state index contributed by atoms with van der Waals surface area (Å²) in [7, 11) is 1.53. The fourth-order valence-corrected chi connectivity index (χ4v) is 0.766. The van der Waals surface area contributed by atoms with Crippen molar-refractivity contribution < 1.29 is 9.52 Å². The molecule has 0 saturated carbocycles. The quantitative estimate of drug-likeness (QED) is 0.236. The Morgan fingerprint density at radius 3 is 3.20 bits per heavy atom. The molecule has 1 aromatic rings. The molecule has 0 radical (unpaired) electrons. The second-order valence-corrected chi connectivity index (χ2v) is 2.11. The Morgan fingerprint density at radius 2 is 2.70 bits per heavy atom. The lowest BCUT2D eigenvalue weighted by atomic mass is 11.0. The van der Waals surface area contributed by atoms with Crippen molar-refractivity contribution in [3.05, 3.63) is 12.7 Å². The average Bonchev–Trinajstić information content (AvgIpc) is 2.38. The Hall–Kier alpha value is -0.590. The summed E-state index contributed by atoms with van der Waals surface area (Å²) in [6, 6.07) is 0. The number of rotatable bonds is 3. The molecule has 0 spiro atoms. The highest BCUT2D eigenvalue weighted by molar-refractivity contribution is 7.80. The van der Waals surface area contributed by atoms with Gasteiger partial charge in [0.15, 0.2) is 0 Å². The second kappa shape index (κ2) is 3.55. The van der Waals surface area contributed by atoms with Crippen LogP contribution in [-0.2, 0) is 4.84 Å². The number of aromatic amines is 1. The van der Waals surface area contributed by atoms with Crippen LogP contribution in [-0.4, -0.2) is 17.2 Å². The van der Waals surface area contributed by atoms with Gasteiger partial charge < -0.3 is 4.84 Å². The number of nitrogens with one attached hydrogen (secondary N) is 2. The van der Waals surface area contributed by atoms with E-state index in [2.05, 4.69) is 33.0 Å². The van der Waals surface area contributed by atoms with E-state index in [0.717, 1.165) is 0 Å². The molecule has 0 aliphatic rings. The van der Waals surface area contributed by atoms with Crippen molar-refractivity contribution in [1.82, 2.24) is 15.6 Å². The van der Waals surface area contributed by atoms with Crippen molar-refractivity contribution in [3.63, 3.8) is 0 Å². The van der Waals surface area contributed by atoms with Crippen LogP contribution in [0, 0.1) is 0 Å². The Morgan fingerprint density at radius 1 is 1.90 bits per heavy atom. The van der Waals surface area contributed by atoms with Crippen LogP contribution in [0.4, 0.5) is 0 Å². The summed E-state index contributed by atoms with van der Waals surface area (Å²) in [5.41, 5.74) is 2.37. The molecule has 56 valence electrons. The maximum atomic E-state index is 4.63. The summed E-state index contributed by atoms with van der Waals surface area (Å²) in [4.78, 5) is 8.42. The summed E-state index contributed by atoms with van der Waals surface area (Å²) in [5.74, 6) is 0. The first-order valence-electron chi connectivity index (χ1n) is 2.70. The van der Waals surface area contributed by atoms with Crippen molar-refractivity contribution in [1.29, 1.82) is 0 Å². The van der Waals surface area contributed by atoms with Crippen LogP contribution in [0.1, 0.15) is 5.50 Å². The van der Waals surface area contributed by atoms with E-state index in [9.17, 15) is 0 Å². The van der Waals surface area contributed by atoms with Crippen LogP contribution in [0.5, 0.6) is 0 Å². The molecule has 0 saturated heterocycles. The zero-order valence-corrected chi connectivity index (χ0v) is 6.38. The molecule has 10 heavy (non-hydrogen) atoms. The number of hydrogen-bond donors (Lipinski definition) is 3. The fraction of sp³-hybridized carbons (Fsp3) is 0.500. The van der Waals surface area contributed by atoms with Crippen LogP contribution in [0.15, 0.2) is 12.7 Å². The van der Waals surface area contributed by atoms with Gasteiger partial charge in [0, 0.05) is 0 Å². The standard InChI is InChI=1S/C4H8N4OS/c1-9-7-4(10)8-3-5-2-6-8/h2-4,7,10H,1H3/p+1. The largest absolute Gasteiger partial charge is 0.309 e. The number of aromatic nitrogens is 3. The molecule has 1 aromatic heterocycles. The molecule has 0 aliphatic heterocycles. The van der Waals surface area contributed by atoms with E-state index in [4.69, 9.17) is 0 Å². The molecular weight excluding hydrogens is 152 g/mol. The monoisotopic (exact) mass is 161 g/mol.